The lowest BCUT2D eigenvalue weighted by molar-refractivity contribution is -0.119. The van der Waals surface area contributed by atoms with Gasteiger partial charge in [0.1, 0.15) is 12.4 Å². The monoisotopic (exact) mass is 431 g/mol. The number of sulfonamides is 1. The second-order valence-corrected chi connectivity index (χ2v) is 9.12. The normalized spacial score (nSPS) is 15.0. The summed E-state index contributed by atoms with van der Waals surface area (Å²) >= 11 is 0. The van der Waals surface area contributed by atoms with Crippen LogP contribution in [0, 0.1) is 5.82 Å². The van der Waals surface area contributed by atoms with Gasteiger partial charge in [0.25, 0.3) is 15.9 Å². The molecule has 1 amide bonds. The molecule has 0 spiro atoms. The first kappa shape index (κ1) is 22.0. The molecule has 0 bridgehead atoms. The second-order valence-electron chi connectivity index (χ2n) is 7.26. The minimum Gasteiger partial charge on any atom is -0.271 e. The van der Waals surface area contributed by atoms with E-state index in [2.05, 4.69) is 10.5 Å². The van der Waals surface area contributed by atoms with E-state index in [0.29, 0.717) is 0 Å². The van der Waals surface area contributed by atoms with Gasteiger partial charge < -0.3 is 0 Å². The Morgan fingerprint density at radius 1 is 0.933 bits per heavy atom. The van der Waals surface area contributed by atoms with Crippen LogP contribution in [-0.4, -0.2) is 26.6 Å². The van der Waals surface area contributed by atoms with Crippen LogP contribution in [0.15, 0.2) is 64.6 Å². The van der Waals surface area contributed by atoms with Gasteiger partial charge in [-0.25, -0.2) is 18.2 Å². The number of hydrazone groups is 1. The fraction of sp³-hybridized carbons (Fsp3) is 0.364. The van der Waals surface area contributed by atoms with Gasteiger partial charge in [-0.3, -0.25) is 9.10 Å². The van der Waals surface area contributed by atoms with Crippen LogP contribution in [0.2, 0.25) is 0 Å². The molecule has 0 aliphatic heterocycles. The number of rotatable bonds is 6. The van der Waals surface area contributed by atoms with Crippen molar-refractivity contribution in [3.63, 3.8) is 0 Å². The molecule has 0 radical (unpaired) electrons. The van der Waals surface area contributed by atoms with Crippen molar-refractivity contribution in [3.05, 3.63) is 60.4 Å². The van der Waals surface area contributed by atoms with Gasteiger partial charge in [0.2, 0.25) is 0 Å². The number of hydrogen-bond donors (Lipinski definition) is 1. The molecule has 1 aliphatic rings. The molecule has 0 aromatic heterocycles. The molecule has 6 nitrogen and oxygen atoms in total. The van der Waals surface area contributed by atoms with E-state index >= 15 is 0 Å². The lowest BCUT2D eigenvalue weighted by Gasteiger charge is -2.24. The number of carbonyl (C=O) groups excluding carboxylic acids is 1. The Labute approximate surface area is 176 Å². The summed E-state index contributed by atoms with van der Waals surface area (Å²) < 4.78 is 41.5. The van der Waals surface area contributed by atoms with E-state index in [-0.39, 0.29) is 10.6 Å². The molecule has 0 saturated heterocycles. The van der Waals surface area contributed by atoms with Gasteiger partial charge in [-0.15, -0.1) is 0 Å². The van der Waals surface area contributed by atoms with Crippen molar-refractivity contribution < 1.29 is 17.6 Å². The Balaban J connectivity index is 1.82. The molecular formula is C22H26FN3O3S. The number of hydrogen-bond acceptors (Lipinski definition) is 4. The molecule has 2 aromatic carbocycles. The maximum Gasteiger partial charge on any atom is 0.264 e. The van der Waals surface area contributed by atoms with Crippen LogP contribution in [-0.2, 0) is 14.8 Å². The lowest BCUT2D eigenvalue weighted by Crippen LogP contribution is -2.40. The molecule has 2 aromatic rings. The number of benzene rings is 2. The van der Waals surface area contributed by atoms with E-state index in [4.69, 9.17) is 0 Å². The van der Waals surface area contributed by atoms with Crippen molar-refractivity contribution >= 4 is 27.3 Å². The van der Waals surface area contributed by atoms with Crippen molar-refractivity contribution in [1.82, 2.24) is 5.43 Å². The second kappa shape index (κ2) is 10.3. The number of anilines is 1. The predicted octanol–water partition coefficient (Wildman–Crippen LogP) is 4.24. The third-order valence-electron chi connectivity index (χ3n) is 5.01. The van der Waals surface area contributed by atoms with E-state index in [1.807, 2.05) is 0 Å². The molecule has 0 heterocycles. The van der Waals surface area contributed by atoms with Crippen LogP contribution in [0.3, 0.4) is 0 Å². The van der Waals surface area contributed by atoms with Gasteiger partial charge in [0.05, 0.1) is 10.6 Å². The summed E-state index contributed by atoms with van der Waals surface area (Å²) in [6.45, 7) is -0.574. The first-order valence-electron chi connectivity index (χ1n) is 10.1. The molecule has 3 rings (SSSR count). The van der Waals surface area contributed by atoms with E-state index in [1.165, 1.54) is 36.8 Å². The molecule has 160 valence electrons. The largest absolute Gasteiger partial charge is 0.271 e. The van der Waals surface area contributed by atoms with E-state index < -0.39 is 28.3 Å². The van der Waals surface area contributed by atoms with Crippen LogP contribution >= 0.6 is 0 Å². The third kappa shape index (κ3) is 5.66. The number of nitrogens with one attached hydrogen (secondary N) is 1. The third-order valence-corrected chi connectivity index (χ3v) is 6.78. The topological polar surface area (TPSA) is 78.8 Å². The standard InChI is InChI=1S/C22H26FN3O3S/c23-20-15-9-10-16-21(20)26(30(28,29)19-13-7-4-8-14-19)17-22(27)25-24-18-11-5-2-1-3-6-12-18/h4,7-10,13-16H,1-3,5-6,11-12,17H2,(H,25,27). The summed E-state index contributed by atoms with van der Waals surface area (Å²) in [6, 6.07) is 13.2. The molecule has 1 aliphatic carbocycles. The smallest absolute Gasteiger partial charge is 0.264 e. The first-order chi connectivity index (χ1) is 14.5. The molecule has 8 heteroatoms. The van der Waals surface area contributed by atoms with Gasteiger partial charge in [0, 0.05) is 5.71 Å². The Hall–Kier alpha value is -2.74. The molecule has 0 unspecified atom stereocenters. The molecule has 30 heavy (non-hydrogen) atoms. The Bertz CT molecular complexity index is 984. The number of para-hydroxylation sites is 1. The summed E-state index contributed by atoms with van der Waals surface area (Å²) in [7, 11) is -4.14. The molecule has 0 atom stereocenters. The van der Waals surface area contributed by atoms with Gasteiger partial charge in [-0.05, 0) is 49.9 Å². The quantitative estimate of drug-likeness (QED) is 0.695. The highest BCUT2D eigenvalue weighted by molar-refractivity contribution is 7.92. The van der Waals surface area contributed by atoms with Crippen molar-refractivity contribution in [2.75, 3.05) is 10.8 Å². The molecule has 1 N–H and O–H groups in total. The summed E-state index contributed by atoms with van der Waals surface area (Å²) in [5.41, 5.74) is 3.19. The van der Waals surface area contributed by atoms with Gasteiger partial charge in [0.15, 0.2) is 0 Å². The van der Waals surface area contributed by atoms with Gasteiger partial charge in [-0.2, -0.15) is 5.10 Å². The maximum absolute atomic E-state index is 14.4. The number of halogens is 1. The van der Waals surface area contributed by atoms with Crippen LogP contribution in [0.1, 0.15) is 44.9 Å². The van der Waals surface area contributed by atoms with Crippen LogP contribution < -0.4 is 9.73 Å². The minimum atomic E-state index is -4.14. The Kier molecular flexibility index (Phi) is 7.57. The highest BCUT2D eigenvalue weighted by Gasteiger charge is 2.29. The Morgan fingerprint density at radius 2 is 1.53 bits per heavy atom. The van der Waals surface area contributed by atoms with Crippen molar-refractivity contribution in [1.29, 1.82) is 0 Å². The van der Waals surface area contributed by atoms with Crippen molar-refractivity contribution in [3.8, 4) is 0 Å². The fourth-order valence-corrected chi connectivity index (χ4v) is 4.86. The first-order valence-corrected chi connectivity index (χ1v) is 11.6. The summed E-state index contributed by atoms with van der Waals surface area (Å²) in [4.78, 5) is 12.5. The van der Waals surface area contributed by atoms with E-state index in [1.54, 1.807) is 18.2 Å². The van der Waals surface area contributed by atoms with Crippen LogP contribution in [0.25, 0.3) is 0 Å². The zero-order chi connectivity index (χ0) is 21.4. The van der Waals surface area contributed by atoms with E-state index in [0.717, 1.165) is 54.6 Å². The zero-order valence-corrected chi connectivity index (χ0v) is 17.6. The average Bonchev–Trinajstić information content (AvgIpc) is 2.72. The van der Waals surface area contributed by atoms with Gasteiger partial charge >= 0.3 is 0 Å². The summed E-state index contributed by atoms with van der Waals surface area (Å²) in [5.74, 6) is -1.34. The SMILES string of the molecule is O=C(CN(c1ccccc1F)S(=O)(=O)c1ccccc1)NN=C1CCCCCCC1. The maximum atomic E-state index is 14.4. The van der Waals surface area contributed by atoms with Crippen LogP contribution in [0.4, 0.5) is 10.1 Å². The number of amides is 1. The molecule has 1 saturated carbocycles. The highest BCUT2D eigenvalue weighted by atomic mass is 32.2. The summed E-state index contributed by atoms with van der Waals surface area (Å²) in [6.07, 6.45) is 7.19. The van der Waals surface area contributed by atoms with E-state index in [9.17, 15) is 17.6 Å². The molecule has 1 fully saturated rings. The minimum absolute atomic E-state index is 0.0209. The highest BCUT2D eigenvalue weighted by Crippen LogP contribution is 2.26. The van der Waals surface area contributed by atoms with Crippen molar-refractivity contribution in [2.24, 2.45) is 5.10 Å². The van der Waals surface area contributed by atoms with Gasteiger partial charge in [-0.1, -0.05) is 49.6 Å². The molecular weight excluding hydrogens is 405 g/mol. The predicted molar refractivity (Wildman–Crippen MR) is 115 cm³/mol. The number of carbonyl (C=O) groups is 1. The average molecular weight is 432 g/mol. The lowest BCUT2D eigenvalue weighted by atomic mass is 9.99. The van der Waals surface area contributed by atoms with Crippen LogP contribution in [0.5, 0.6) is 0 Å². The summed E-state index contributed by atoms with van der Waals surface area (Å²) in [5, 5.41) is 4.21. The fourth-order valence-electron chi connectivity index (χ4n) is 3.41. The number of nitrogens with zero attached hydrogens (tertiary/aromatic N) is 2. The Morgan fingerprint density at radius 3 is 2.20 bits per heavy atom. The zero-order valence-electron chi connectivity index (χ0n) is 16.8. The van der Waals surface area contributed by atoms with Crippen molar-refractivity contribution in [2.45, 2.75) is 49.8 Å².